The van der Waals surface area contributed by atoms with Gasteiger partial charge in [-0.3, -0.25) is 4.98 Å². The molecule has 8 heteroatoms. The van der Waals surface area contributed by atoms with E-state index in [-0.39, 0.29) is 11.4 Å². The standard InChI is InChI=1S/C16H13N7O/c17-9-12(16-20-22-23-21-16)10-19-14-6-1-2-7-15(14)24-11-13-5-3-4-8-18-13/h1-8,10,19H,11H2,(H,20,21,22,23). The number of aromatic amines is 1. The van der Waals surface area contributed by atoms with Crippen LogP contribution >= 0.6 is 0 Å². The number of anilines is 1. The summed E-state index contributed by atoms with van der Waals surface area (Å²) in [6.45, 7) is 0.346. The molecular formula is C16H13N7O. The number of nitrogens with zero attached hydrogens (tertiary/aromatic N) is 5. The predicted octanol–water partition coefficient (Wildman–Crippen LogP) is 2.15. The van der Waals surface area contributed by atoms with Crippen LogP contribution in [0.3, 0.4) is 0 Å². The van der Waals surface area contributed by atoms with Gasteiger partial charge in [-0.2, -0.15) is 10.5 Å². The van der Waals surface area contributed by atoms with E-state index < -0.39 is 0 Å². The van der Waals surface area contributed by atoms with Gasteiger partial charge in [-0.25, -0.2) is 0 Å². The lowest BCUT2D eigenvalue weighted by atomic mass is 10.2. The lowest BCUT2D eigenvalue weighted by Crippen LogP contribution is -2.00. The fourth-order valence-electron chi connectivity index (χ4n) is 1.92. The number of hydrogen-bond acceptors (Lipinski definition) is 7. The zero-order chi connectivity index (χ0) is 16.6. The Labute approximate surface area is 137 Å². The Kier molecular flexibility index (Phi) is 4.75. The number of benzene rings is 1. The number of allylic oxidation sites excluding steroid dienone is 1. The van der Waals surface area contributed by atoms with Crippen molar-refractivity contribution in [3.63, 3.8) is 0 Å². The van der Waals surface area contributed by atoms with E-state index in [1.165, 1.54) is 6.20 Å². The number of nitriles is 1. The molecule has 2 heterocycles. The van der Waals surface area contributed by atoms with Crippen molar-refractivity contribution in [2.24, 2.45) is 0 Å². The zero-order valence-electron chi connectivity index (χ0n) is 12.5. The van der Waals surface area contributed by atoms with Crippen LogP contribution in [-0.2, 0) is 6.61 Å². The highest BCUT2D eigenvalue weighted by atomic mass is 16.5. The molecule has 0 aliphatic rings. The predicted molar refractivity (Wildman–Crippen MR) is 86.4 cm³/mol. The molecule has 2 aromatic heterocycles. The average Bonchev–Trinajstić information content (AvgIpc) is 3.17. The van der Waals surface area contributed by atoms with Crippen LogP contribution in [0.25, 0.3) is 5.57 Å². The maximum absolute atomic E-state index is 9.18. The molecular weight excluding hydrogens is 306 g/mol. The van der Waals surface area contributed by atoms with E-state index in [1.54, 1.807) is 6.20 Å². The summed E-state index contributed by atoms with van der Waals surface area (Å²) in [6, 6.07) is 15.1. The fourth-order valence-corrected chi connectivity index (χ4v) is 1.92. The van der Waals surface area contributed by atoms with Crippen LogP contribution < -0.4 is 10.1 Å². The lowest BCUT2D eigenvalue weighted by Gasteiger charge is -2.11. The molecule has 0 atom stereocenters. The number of rotatable bonds is 6. The monoisotopic (exact) mass is 319 g/mol. The van der Waals surface area contributed by atoms with Gasteiger partial charge in [0.1, 0.15) is 24.0 Å². The van der Waals surface area contributed by atoms with Gasteiger partial charge < -0.3 is 10.1 Å². The molecule has 0 amide bonds. The van der Waals surface area contributed by atoms with Gasteiger partial charge in [0.15, 0.2) is 0 Å². The van der Waals surface area contributed by atoms with Gasteiger partial charge in [-0.05, 0) is 29.5 Å². The van der Waals surface area contributed by atoms with E-state index >= 15 is 0 Å². The Hall–Kier alpha value is -3.73. The van der Waals surface area contributed by atoms with E-state index in [1.807, 2.05) is 48.5 Å². The molecule has 0 saturated heterocycles. The summed E-state index contributed by atoms with van der Waals surface area (Å²) >= 11 is 0. The Bertz CT molecular complexity index is 854. The van der Waals surface area contributed by atoms with Crippen molar-refractivity contribution in [1.29, 1.82) is 5.26 Å². The number of pyridine rings is 1. The van der Waals surface area contributed by atoms with Gasteiger partial charge in [0.2, 0.25) is 5.82 Å². The van der Waals surface area contributed by atoms with Crippen molar-refractivity contribution in [1.82, 2.24) is 25.6 Å². The summed E-state index contributed by atoms with van der Waals surface area (Å²) in [7, 11) is 0. The fraction of sp³-hybridized carbons (Fsp3) is 0.0625. The van der Waals surface area contributed by atoms with Gasteiger partial charge in [0.05, 0.1) is 11.4 Å². The van der Waals surface area contributed by atoms with Gasteiger partial charge in [0, 0.05) is 12.4 Å². The molecule has 0 unspecified atom stereocenters. The van der Waals surface area contributed by atoms with E-state index in [2.05, 4.69) is 30.9 Å². The molecule has 0 fully saturated rings. The number of hydrogen-bond donors (Lipinski definition) is 2. The highest BCUT2D eigenvalue weighted by Crippen LogP contribution is 2.25. The topological polar surface area (TPSA) is 112 Å². The van der Waals surface area contributed by atoms with Gasteiger partial charge in [-0.15, -0.1) is 10.2 Å². The summed E-state index contributed by atoms with van der Waals surface area (Å²) in [5.74, 6) is 0.863. The van der Waals surface area contributed by atoms with Crippen molar-refractivity contribution >= 4 is 11.3 Å². The normalized spacial score (nSPS) is 10.9. The molecule has 3 rings (SSSR count). The van der Waals surface area contributed by atoms with Gasteiger partial charge >= 0.3 is 0 Å². The third kappa shape index (κ3) is 3.72. The highest BCUT2D eigenvalue weighted by molar-refractivity contribution is 5.74. The summed E-state index contributed by atoms with van der Waals surface area (Å²) in [5, 5.41) is 25.5. The van der Waals surface area contributed by atoms with Crippen molar-refractivity contribution in [3.05, 3.63) is 66.4 Å². The molecule has 0 aliphatic carbocycles. The maximum atomic E-state index is 9.18. The Morgan fingerprint density at radius 1 is 1.25 bits per heavy atom. The third-order valence-electron chi connectivity index (χ3n) is 3.07. The largest absolute Gasteiger partial charge is 0.485 e. The summed E-state index contributed by atoms with van der Waals surface area (Å²) < 4.78 is 5.79. The number of aromatic nitrogens is 5. The minimum atomic E-state index is 0.219. The number of H-pyrrole nitrogens is 1. The molecule has 118 valence electrons. The van der Waals surface area contributed by atoms with Crippen molar-refractivity contribution in [2.75, 3.05) is 5.32 Å². The molecule has 0 spiro atoms. The summed E-state index contributed by atoms with van der Waals surface area (Å²) in [5.41, 5.74) is 1.79. The third-order valence-corrected chi connectivity index (χ3v) is 3.07. The number of nitrogens with one attached hydrogen (secondary N) is 2. The van der Waals surface area contributed by atoms with Crippen molar-refractivity contribution < 1.29 is 4.74 Å². The molecule has 0 aliphatic heterocycles. The molecule has 0 saturated carbocycles. The minimum absolute atomic E-state index is 0.219. The lowest BCUT2D eigenvalue weighted by molar-refractivity contribution is 0.303. The van der Waals surface area contributed by atoms with Crippen molar-refractivity contribution in [2.45, 2.75) is 6.61 Å². The van der Waals surface area contributed by atoms with Gasteiger partial charge in [0.25, 0.3) is 0 Å². The van der Waals surface area contributed by atoms with E-state index in [4.69, 9.17) is 4.74 Å². The Balaban J connectivity index is 1.73. The van der Waals surface area contributed by atoms with Crippen molar-refractivity contribution in [3.8, 4) is 11.8 Å². The molecule has 2 N–H and O–H groups in total. The summed E-state index contributed by atoms with van der Waals surface area (Å²) in [6.07, 6.45) is 3.23. The summed E-state index contributed by atoms with van der Waals surface area (Å²) in [4.78, 5) is 4.22. The molecule has 3 aromatic rings. The second-order valence-electron chi connectivity index (χ2n) is 4.66. The van der Waals surface area contributed by atoms with E-state index in [9.17, 15) is 5.26 Å². The van der Waals surface area contributed by atoms with Crippen LogP contribution in [0.15, 0.2) is 54.9 Å². The van der Waals surface area contributed by atoms with Crippen LogP contribution in [0.2, 0.25) is 0 Å². The number of tetrazole rings is 1. The molecule has 1 aromatic carbocycles. The van der Waals surface area contributed by atoms with Crippen LogP contribution in [0, 0.1) is 11.3 Å². The molecule has 0 radical (unpaired) electrons. The molecule has 24 heavy (non-hydrogen) atoms. The SMILES string of the molecule is N#CC(=CNc1ccccc1OCc1ccccn1)c1nn[nH]n1. The molecule has 8 nitrogen and oxygen atoms in total. The number of ether oxygens (including phenoxy) is 1. The molecule has 0 bridgehead atoms. The van der Waals surface area contributed by atoms with Gasteiger partial charge in [-0.1, -0.05) is 18.2 Å². The van der Waals surface area contributed by atoms with E-state index in [0.717, 1.165) is 5.69 Å². The quantitative estimate of drug-likeness (QED) is 0.669. The number of para-hydroxylation sites is 2. The highest BCUT2D eigenvalue weighted by Gasteiger charge is 2.07. The second-order valence-corrected chi connectivity index (χ2v) is 4.66. The smallest absolute Gasteiger partial charge is 0.216 e. The van der Waals surface area contributed by atoms with Crippen LogP contribution in [0.5, 0.6) is 5.75 Å². The van der Waals surface area contributed by atoms with Crippen LogP contribution in [0.1, 0.15) is 11.5 Å². The first-order valence-electron chi connectivity index (χ1n) is 7.09. The minimum Gasteiger partial charge on any atom is -0.485 e. The zero-order valence-corrected chi connectivity index (χ0v) is 12.5. The van der Waals surface area contributed by atoms with Crippen LogP contribution in [-0.4, -0.2) is 25.6 Å². The first kappa shape index (κ1) is 15.2. The van der Waals surface area contributed by atoms with Crippen LogP contribution in [0.4, 0.5) is 5.69 Å². The first-order chi connectivity index (χ1) is 11.9. The average molecular weight is 319 g/mol. The maximum Gasteiger partial charge on any atom is 0.216 e. The van der Waals surface area contributed by atoms with E-state index in [0.29, 0.717) is 18.0 Å². The first-order valence-corrected chi connectivity index (χ1v) is 7.09. The Morgan fingerprint density at radius 3 is 2.88 bits per heavy atom. The second kappa shape index (κ2) is 7.51. The Morgan fingerprint density at radius 2 is 2.12 bits per heavy atom.